The molecule has 34 heavy (non-hydrogen) atoms. The lowest BCUT2D eigenvalue weighted by Crippen LogP contribution is -2.35. The number of amides is 1. The maximum atomic E-state index is 13.2. The zero-order chi connectivity index (χ0) is 23.5. The third kappa shape index (κ3) is 4.83. The number of carbonyl (C=O) groups excluding carboxylic acids is 1. The Morgan fingerprint density at radius 3 is 2.38 bits per heavy atom. The van der Waals surface area contributed by atoms with Gasteiger partial charge in [-0.2, -0.15) is 0 Å². The van der Waals surface area contributed by atoms with E-state index in [9.17, 15) is 9.18 Å². The summed E-state index contributed by atoms with van der Waals surface area (Å²) in [5.41, 5.74) is 6.12. The van der Waals surface area contributed by atoms with E-state index in [-0.39, 0.29) is 11.7 Å². The van der Waals surface area contributed by atoms with Crippen LogP contribution in [-0.4, -0.2) is 42.1 Å². The second kappa shape index (κ2) is 9.71. The second-order valence-corrected chi connectivity index (χ2v) is 8.58. The first-order valence-electron chi connectivity index (χ1n) is 11.4. The van der Waals surface area contributed by atoms with Gasteiger partial charge in [-0.15, -0.1) is 0 Å². The fourth-order valence-corrected chi connectivity index (χ4v) is 4.28. The Hall–Kier alpha value is -3.61. The third-order valence-electron chi connectivity index (χ3n) is 6.25. The Morgan fingerprint density at radius 2 is 1.68 bits per heavy atom. The summed E-state index contributed by atoms with van der Waals surface area (Å²) < 4.78 is 18.6. The zero-order valence-electron chi connectivity index (χ0n) is 19.1. The molecule has 0 radical (unpaired) electrons. The molecule has 1 aromatic heterocycles. The van der Waals surface area contributed by atoms with Gasteiger partial charge in [0, 0.05) is 42.5 Å². The lowest BCUT2D eigenvalue weighted by Gasteiger charge is -2.26. The van der Waals surface area contributed by atoms with Crippen LogP contribution in [0.1, 0.15) is 21.5 Å². The molecule has 3 aromatic carbocycles. The normalized spacial score (nSPS) is 14.3. The maximum absolute atomic E-state index is 13.2. The Morgan fingerprint density at radius 1 is 1.00 bits per heavy atom. The first-order chi connectivity index (χ1) is 16.6. The number of ether oxygens (including phenoxy) is 1. The minimum Gasteiger partial charge on any atom is -0.379 e. The average molecular weight is 456 g/mol. The molecule has 1 fully saturated rings. The van der Waals surface area contributed by atoms with Crippen LogP contribution < -0.4 is 5.32 Å². The van der Waals surface area contributed by atoms with Crippen LogP contribution in [0.3, 0.4) is 0 Å². The number of hydrogen-bond donors (Lipinski definition) is 1. The molecule has 1 aliphatic heterocycles. The standard InChI is InChI=1S/C28H26FN3O2/c1-19-26(11-8-24-16-20(17-30-27(19)24)18-32-12-14-34-15-13-32)31-28(33)23-4-2-21(3-5-23)22-6-9-25(29)10-7-22/h2-11,16-17H,12-15,18H2,1H3,(H,31,33). The van der Waals surface area contributed by atoms with Crippen LogP contribution in [0.25, 0.3) is 22.0 Å². The number of aromatic nitrogens is 1. The number of morpholine rings is 1. The van der Waals surface area contributed by atoms with Crippen LogP contribution in [0.2, 0.25) is 0 Å². The number of rotatable bonds is 5. The molecule has 172 valence electrons. The monoisotopic (exact) mass is 455 g/mol. The van der Waals surface area contributed by atoms with Gasteiger partial charge < -0.3 is 10.1 Å². The number of halogens is 1. The van der Waals surface area contributed by atoms with Gasteiger partial charge in [0.05, 0.1) is 18.7 Å². The Labute approximate surface area is 198 Å². The highest BCUT2D eigenvalue weighted by atomic mass is 19.1. The van der Waals surface area contributed by atoms with Gasteiger partial charge in [-0.1, -0.05) is 30.3 Å². The van der Waals surface area contributed by atoms with Crippen LogP contribution >= 0.6 is 0 Å². The lowest BCUT2D eigenvalue weighted by atomic mass is 10.0. The number of nitrogens with zero attached hydrogens (tertiary/aromatic N) is 2. The molecule has 4 aromatic rings. The highest BCUT2D eigenvalue weighted by Gasteiger charge is 2.14. The van der Waals surface area contributed by atoms with Gasteiger partial charge >= 0.3 is 0 Å². The van der Waals surface area contributed by atoms with E-state index in [1.165, 1.54) is 17.7 Å². The summed E-state index contributed by atoms with van der Waals surface area (Å²) in [6, 6.07) is 19.7. The van der Waals surface area contributed by atoms with Crippen molar-refractivity contribution in [3.05, 3.63) is 95.4 Å². The molecule has 1 aliphatic rings. The topological polar surface area (TPSA) is 54.5 Å². The van der Waals surface area contributed by atoms with Crippen LogP contribution in [0, 0.1) is 12.7 Å². The van der Waals surface area contributed by atoms with Crippen molar-refractivity contribution in [2.75, 3.05) is 31.6 Å². The van der Waals surface area contributed by atoms with Gasteiger partial charge in [0.25, 0.3) is 5.91 Å². The molecule has 0 spiro atoms. The molecule has 1 saturated heterocycles. The second-order valence-electron chi connectivity index (χ2n) is 8.58. The number of fused-ring (bicyclic) bond motifs is 1. The fraction of sp³-hybridized carbons (Fsp3) is 0.214. The molecule has 5 rings (SSSR count). The Bertz CT molecular complexity index is 1310. The number of pyridine rings is 1. The Balaban J connectivity index is 1.30. The summed E-state index contributed by atoms with van der Waals surface area (Å²) in [5, 5.41) is 4.08. The van der Waals surface area contributed by atoms with Crippen LogP contribution in [0.4, 0.5) is 10.1 Å². The predicted octanol–water partition coefficient (Wildman–Crippen LogP) is 5.43. The summed E-state index contributed by atoms with van der Waals surface area (Å²) in [6.07, 6.45) is 1.92. The van der Waals surface area contributed by atoms with Gasteiger partial charge in [-0.05, 0) is 65.6 Å². The van der Waals surface area contributed by atoms with Gasteiger partial charge in [-0.3, -0.25) is 14.7 Å². The number of anilines is 1. The number of nitrogens with one attached hydrogen (secondary N) is 1. The van der Waals surface area contributed by atoms with Crippen LogP contribution in [-0.2, 0) is 11.3 Å². The van der Waals surface area contributed by atoms with Gasteiger partial charge in [0.2, 0.25) is 0 Å². The summed E-state index contributed by atoms with van der Waals surface area (Å²) in [5.74, 6) is -0.453. The zero-order valence-corrected chi connectivity index (χ0v) is 19.1. The lowest BCUT2D eigenvalue weighted by molar-refractivity contribution is 0.0341. The number of aryl methyl sites for hydroxylation is 1. The van der Waals surface area contributed by atoms with E-state index in [0.717, 1.165) is 66.1 Å². The van der Waals surface area contributed by atoms with E-state index in [1.807, 2.05) is 37.4 Å². The summed E-state index contributed by atoms with van der Waals surface area (Å²) >= 11 is 0. The molecule has 0 unspecified atom stereocenters. The molecular weight excluding hydrogens is 429 g/mol. The molecule has 6 heteroatoms. The quantitative estimate of drug-likeness (QED) is 0.436. The van der Waals surface area contributed by atoms with Crippen molar-refractivity contribution in [3.8, 4) is 11.1 Å². The molecule has 5 nitrogen and oxygen atoms in total. The van der Waals surface area contributed by atoms with Gasteiger partial charge in [0.15, 0.2) is 0 Å². The van der Waals surface area contributed by atoms with Crippen molar-refractivity contribution in [3.63, 3.8) is 0 Å². The van der Waals surface area contributed by atoms with Crippen molar-refractivity contribution in [2.45, 2.75) is 13.5 Å². The Kier molecular flexibility index (Phi) is 6.34. The molecule has 1 N–H and O–H groups in total. The molecule has 0 aliphatic carbocycles. The summed E-state index contributed by atoms with van der Waals surface area (Å²) in [7, 11) is 0. The van der Waals surface area contributed by atoms with E-state index in [0.29, 0.717) is 5.56 Å². The molecule has 2 heterocycles. The first-order valence-corrected chi connectivity index (χ1v) is 11.4. The minimum atomic E-state index is -0.270. The van der Waals surface area contributed by atoms with Crippen molar-refractivity contribution in [1.29, 1.82) is 0 Å². The number of carbonyl (C=O) groups is 1. The van der Waals surface area contributed by atoms with Crippen molar-refractivity contribution in [2.24, 2.45) is 0 Å². The van der Waals surface area contributed by atoms with E-state index in [4.69, 9.17) is 9.72 Å². The highest BCUT2D eigenvalue weighted by Crippen LogP contribution is 2.26. The largest absolute Gasteiger partial charge is 0.379 e. The average Bonchev–Trinajstić information content (AvgIpc) is 2.87. The maximum Gasteiger partial charge on any atom is 0.255 e. The van der Waals surface area contributed by atoms with Crippen molar-refractivity contribution in [1.82, 2.24) is 9.88 Å². The smallest absolute Gasteiger partial charge is 0.255 e. The molecule has 1 amide bonds. The first kappa shape index (κ1) is 22.2. The minimum absolute atomic E-state index is 0.183. The van der Waals surface area contributed by atoms with Crippen molar-refractivity contribution < 1.29 is 13.9 Å². The third-order valence-corrected chi connectivity index (χ3v) is 6.25. The molecule has 0 saturated carbocycles. The number of hydrogen-bond acceptors (Lipinski definition) is 4. The van der Waals surface area contributed by atoms with E-state index in [1.54, 1.807) is 24.3 Å². The van der Waals surface area contributed by atoms with Gasteiger partial charge in [0.1, 0.15) is 5.82 Å². The predicted molar refractivity (Wildman–Crippen MR) is 132 cm³/mol. The summed E-state index contributed by atoms with van der Waals surface area (Å²) in [4.78, 5) is 19.9. The van der Waals surface area contributed by atoms with Gasteiger partial charge in [-0.25, -0.2) is 4.39 Å². The molecule has 0 bridgehead atoms. The summed E-state index contributed by atoms with van der Waals surface area (Å²) in [6.45, 7) is 6.26. The van der Waals surface area contributed by atoms with E-state index in [2.05, 4.69) is 16.3 Å². The van der Waals surface area contributed by atoms with E-state index < -0.39 is 0 Å². The highest BCUT2D eigenvalue weighted by molar-refractivity contribution is 6.06. The fourth-order valence-electron chi connectivity index (χ4n) is 4.28. The van der Waals surface area contributed by atoms with E-state index >= 15 is 0 Å². The number of benzene rings is 3. The van der Waals surface area contributed by atoms with Crippen LogP contribution in [0.15, 0.2) is 72.9 Å². The van der Waals surface area contributed by atoms with Crippen molar-refractivity contribution >= 4 is 22.5 Å². The molecule has 0 atom stereocenters. The molecular formula is C28H26FN3O2. The SMILES string of the molecule is Cc1c(NC(=O)c2ccc(-c3ccc(F)cc3)cc2)ccc2cc(CN3CCOCC3)cnc12. The van der Waals surface area contributed by atoms with Crippen LogP contribution in [0.5, 0.6) is 0 Å².